The number of halogens is 4. The number of nitrogens with zero attached hydrogens (tertiary/aromatic N) is 2. The van der Waals surface area contributed by atoms with Crippen LogP contribution in [0.5, 0.6) is 0 Å². The highest BCUT2D eigenvalue weighted by Gasteiger charge is 2.51. The molecule has 0 atom stereocenters. The zero-order valence-corrected chi connectivity index (χ0v) is 13.5. The van der Waals surface area contributed by atoms with Gasteiger partial charge in [0.15, 0.2) is 5.70 Å². The van der Waals surface area contributed by atoms with Crippen molar-refractivity contribution in [3.8, 4) is 0 Å². The first kappa shape index (κ1) is 14.0. The SMILES string of the molecule is F[B-]1(F)n2cccc2C(c2cccc(Cl)c2Br)=C2C=CC=[N+]21. The molecule has 0 saturated heterocycles. The van der Waals surface area contributed by atoms with Gasteiger partial charge in [-0.05, 0) is 40.3 Å². The Balaban J connectivity index is 2.09. The Morgan fingerprint density at radius 2 is 2.00 bits per heavy atom. The standard InChI is InChI=1S/C15H9BBrClF2N2/c17-15-10(4-1-5-11(15)18)14-12-6-2-8-21(12)16(19,20)22-9-3-7-13(14)22/h1-9H. The van der Waals surface area contributed by atoms with Crippen LogP contribution in [0.25, 0.3) is 5.57 Å². The summed E-state index contributed by atoms with van der Waals surface area (Å²) < 4.78 is 32.1. The Kier molecular flexibility index (Phi) is 2.96. The maximum atomic E-state index is 14.7. The van der Waals surface area contributed by atoms with Crippen LogP contribution in [0, 0.1) is 0 Å². The molecule has 2 aliphatic heterocycles. The molecule has 2 aromatic rings. The van der Waals surface area contributed by atoms with Crippen molar-refractivity contribution in [3.63, 3.8) is 0 Å². The number of aromatic nitrogens is 1. The number of fused-ring (bicyclic) bond motifs is 2. The Hall–Kier alpha value is -1.66. The van der Waals surface area contributed by atoms with E-state index >= 15 is 0 Å². The van der Waals surface area contributed by atoms with Gasteiger partial charge < -0.3 is 17.6 Å². The predicted octanol–water partition coefficient (Wildman–Crippen LogP) is 4.55. The van der Waals surface area contributed by atoms with E-state index in [1.165, 1.54) is 12.4 Å². The van der Waals surface area contributed by atoms with Crippen molar-refractivity contribution < 1.29 is 13.1 Å². The lowest BCUT2D eigenvalue weighted by Gasteiger charge is -2.31. The van der Waals surface area contributed by atoms with E-state index in [4.69, 9.17) is 11.6 Å². The summed E-state index contributed by atoms with van der Waals surface area (Å²) in [6.07, 6.45) is 6.16. The van der Waals surface area contributed by atoms with Gasteiger partial charge in [-0.2, -0.15) is 0 Å². The van der Waals surface area contributed by atoms with Gasteiger partial charge >= 0.3 is 6.97 Å². The summed E-state index contributed by atoms with van der Waals surface area (Å²) in [6, 6.07) is 8.78. The third-order valence-electron chi connectivity index (χ3n) is 3.96. The van der Waals surface area contributed by atoms with Crippen LogP contribution in [0.2, 0.25) is 5.02 Å². The van der Waals surface area contributed by atoms with E-state index in [-0.39, 0.29) is 0 Å². The van der Waals surface area contributed by atoms with Crippen LogP contribution in [-0.4, -0.2) is 22.1 Å². The van der Waals surface area contributed by atoms with Crippen LogP contribution < -0.4 is 0 Å². The molecule has 0 unspecified atom stereocenters. The quantitative estimate of drug-likeness (QED) is 0.641. The molecule has 2 aliphatic rings. The minimum absolute atomic E-state index is 0.485. The number of hydrogen-bond donors (Lipinski definition) is 0. The summed E-state index contributed by atoms with van der Waals surface area (Å²) in [4.78, 5) is 0. The first-order valence-electron chi connectivity index (χ1n) is 6.70. The van der Waals surface area contributed by atoms with Gasteiger partial charge in [0.2, 0.25) is 0 Å². The zero-order chi connectivity index (χ0) is 15.5. The van der Waals surface area contributed by atoms with Gasteiger partial charge in [0.1, 0.15) is 6.21 Å². The van der Waals surface area contributed by atoms with Gasteiger partial charge in [0.05, 0.1) is 10.6 Å². The molecule has 1 aromatic carbocycles. The molecule has 22 heavy (non-hydrogen) atoms. The second-order valence-corrected chi connectivity index (χ2v) is 6.37. The highest BCUT2D eigenvalue weighted by atomic mass is 79.9. The second-order valence-electron chi connectivity index (χ2n) is 5.17. The lowest BCUT2D eigenvalue weighted by atomic mass is 9.86. The summed E-state index contributed by atoms with van der Waals surface area (Å²) in [5.74, 6) is 0. The molecule has 0 saturated carbocycles. The van der Waals surface area contributed by atoms with E-state index in [0.29, 0.717) is 20.9 Å². The van der Waals surface area contributed by atoms with E-state index in [2.05, 4.69) is 15.9 Å². The molecule has 4 rings (SSSR count). The smallest absolute Gasteiger partial charge is 0.396 e. The summed E-state index contributed by atoms with van der Waals surface area (Å²) in [5, 5.41) is 0.545. The first-order valence-corrected chi connectivity index (χ1v) is 7.87. The van der Waals surface area contributed by atoms with E-state index in [1.807, 2.05) is 12.1 Å². The van der Waals surface area contributed by atoms with Crippen molar-refractivity contribution in [3.05, 3.63) is 75.1 Å². The van der Waals surface area contributed by atoms with Crippen molar-refractivity contribution in [1.29, 1.82) is 0 Å². The van der Waals surface area contributed by atoms with Crippen molar-refractivity contribution in [1.82, 2.24) is 4.48 Å². The van der Waals surface area contributed by atoms with Crippen LogP contribution in [0.1, 0.15) is 11.3 Å². The molecular weight excluding hydrogens is 372 g/mol. The molecule has 0 spiro atoms. The summed E-state index contributed by atoms with van der Waals surface area (Å²) in [5.41, 5.74) is 2.49. The topological polar surface area (TPSA) is 7.94 Å². The number of hydrogen-bond acceptors (Lipinski definition) is 0. The maximum absolute atomic E-state index is 14.7. The van der Waals surface area contributed by atoms with Gasteiger partial charge in [-0.3, -0.25) is 0 Å². The minimum atomic E-state index is -3.87. The minimum Gasteiger partial charge on any atom is -0.396 e. The van der Waals surface area contributed by atoms with Crippen LogP contribution in [0.15, 0.2) is 58.9 Å². The number of rotatable bonds is 1. The second kappa shape index (κ2) is 4.67. The molecule has 0 fully saturated rings. The predicted molar refractivity (Wildman–Crippen MR) is 88.4 cm³/mol. The fourth-order valence-corrected chi connectivity index (χ4v) is 3.63. The van der Waals surface area contributed by atoms with E-state index in [1.54, 1.807) is 30.4 Å². The number of benzene rings is 1. The fraction of sp³-hybridized carbons (Fsp3) is 0. The fourth-order valence-electron chi connectivity index (χ4n) is 2.99. The maximum Gasteiger partial charge on any atom is 0.737 e. The molecule has 110 valence electrons. The molecule has 0 radical (unpaired) electrons. The van der Waals surface area contributed by atoms with E-state index in [9.17, 15) is 8.63 Å². The van der Waals surface area contributed by atoms with Gasteiger partial charge in [0.25, 0.3) is 0 Å². The van der Waals surface area contributed by atoms with Gasteiger partial charge in [-0.1, -0.05) is 23.7 Å². The highest BCUT2D eigenvalue weighted by molar-refractivity contribution is 9.10. The Labute approximate surface area is 139 Å². The van der Waals surface area contributed by atoms with Crippen LogP contribution in [0.3, 0.4) is 0 Å². The molecule has 7 heteroatoms. The lowest BCUT2D eigenvalue weighted by Crippen LogP contribution is -2.49. The largest absolute Gasteiger partial charge is 0.737 e. The lowest BCUT2D eigenvalue weighted by molar-refractivity contribution is -0.356. The monoisotopic (exact) mass is 380 g/mol. The molecule has 0 N–H and O–H groups in total. The van der Waals surface area contributed by atoms with Crippen LogP contribution >= 0.6 is 27.5 Å². The third-order valence-corrected chi connectivity index (χ3v) is 5.36. The van der Waals surface area contributed by atoms with Crippen molar-refractivity contribution >= 4 is 46.3 Å². The van der Waals surface area contributed by atoms with E-state index in [0.717, 1.165) is 20.1 Å². The van der Waals surface area contributed by atoms with Crippen molar-refractivity contribution in [2.24, 2.45) is 0 Å². The first-order chi connectivity index (χ1) is 10.5. The van der Waals surface area contributed by atoms with Gasteiger partial charge in [0, 0.05) is 27.9 Å². The van der Waals surface area contributed by atoms with Crippen molar-refractivity contribution in [2.45, 2.75) is 0 Å². The zero-order valence-electron chi connectivity index (χ0n) is 11.2. The average Bonchev–Trinajstić information content (AvgIpc) is 3.13. The average molecular weight is 381 g/mol. The van der Waals surface area contributed by atoms with Crippen molar-refractivity contribution in [2.75, 3.05) is 0 Å². The summed E-state index contributed by atoms with van der Waals surface area (Å²) in [6.45, 7) is -3.87. The van der Waals surface area contributed by atoms with Gasteiger partial charge in [-0.15, -0.1) is 0 Å². The Bertz CT molecular complexity index is 899. The van der Waals surface area contributed by atoms with Crippen LogP contribution in [-0.2, 0) is 0 Å². The van der Waals surface area contributed by atoms with E-state index < -0.39 is 6.97 Å². The summed E-state index contributed by atoms with van der Waals surface area (Å²) in [7, 11) is 0. The third kappa shape index (κ3) is 1.74. The molecule has 0 amide bonds. The Morgan fingerprint density at radius 1 is 1.18 bits per heavy atom. The van der Waals surface area contributed by atoms with Gasteiger partial charge in [-0.25, -0.2) is 0 Å². The molecule has 0 aliphatic carbocycles. The molecule has 2 nitrogen and oxygen atoms in total. The molecule has 3 heterocycles. The van der Waals surface area contributed by atoms with Crippen LogP contribution in [0.4, 0.5) is 8.63 Å². The number of allylic oxidation sites excluding steroid dienone is 2. The molecule has 1 aromatic heterocycles. The summed E-state index contributed by atoms with van der Waals surface area (Å²) >= 11 is 9.64. The normalized spacial score (nSPS) is 18.3. The molecular formula is C15H9BBrClF2N2. The molecule has 0 bridgehead atoms. The highest BCUT2D eigenvalue weighted by Crippen LogP contribution is 2.41. The Morgan fingerprint density at radius 3 is 2.82 bits per heavy atom.